The molecular weight excluding hydrogens is 319 g/mol. The van der Waals surface area contributed by atoms with Gasteiger partial charge in [0, 0.05) is 0 Å². The van der Waals surface area contributed by atoms with Crippen LogP contribution in [0.5, 0.6) is 11.5 Å². The molecule has 0 spiro atoms. The molecule has 23 heavy (non-hydrogen) atoms. The molecule has 0 aromatic heterocycles. The van der Waals surface area contributed by atoms with Crippen LogP contribution in [0.15, 0.2) is 60.7 Å². The van der Waals surface area contributed by atoms with E-state index in [1.807, 2.05) is 36.4 Å². The summed E-state index contributed by atoms with van der Waals surface area (Å²) in [5, 5.41) is 0. The third-order valence-corrected chi connectivity index (χ3v) is 3.72. The number of phosphoric ester groups is 1. The number of hydrogen-bond acceptors (Lipinski definition) is 5. The number of rotatable bonds is 10. The summed E-state index contributed by atoms with van der Waals surface area (Å²) in [6, 6.07) is 18.2. The Labute approximate surface area is 135 Å². The van der Waals surface area contributed by atoms with Crippen molar-refractivity contribution in [1.29, 1.82) is 0 Å². The minimum absolute atomic E-state index is 0.0534. The van der Waals surface area contributed by atoms with Crippen molar-refractivity contribution in [1.82, 2.24) is 0 Å². The second kappa shape index (κ2) is 9.33. The lowest BCUT2D eigenvalue weighted by atomic mass is 10.3. The van der Waals surface area contributed by atoms with E-state index in [0.717, 1.165) is 0 Å². The Bertz CT molecular complexity index is 553. The molecule has 6 nitrogen and oxygen atoms in total. The van der Waals surface area contributed by atoms with Crippen LogP contribution in [0.25, 0.3) is 0 Å². The summed E-state index contributed by atoms with van der Waals surface area (Å²) in [5.74, 6) is 1.34. The molecule has 0 aliphatic rings. The smallest absolute Gasteiger partial charge is 0.472 e. The quantitative estimate of drug-likeness (QED) is 0.529. The van der Waals surface area contributed by atoms with Gasteiger partial charge in [-0.05, 0) is 24.3 Å². The second-order valence-corrected chi connectivity index (χ2v) is 5.91. The van der Waals surface area contributed by atoms with Gasteiger partial charge in [-0.2, -0.15) is 0 Å². The third-order valence-electron chi connectivity index (χ3n) is 2.70. The first-order valence-corrected chi connectivity index (χ1v) is 8.63. The minimum atomic E-state index is -4.10. The van der Waals surface area contributed by atoms with E-state index in [1.165, 1.54) is 0 Å². The monoisotopic (exact) mass is 338 g/mol. The van der Waals surface area contributed by atoms with Gasteiger partial charge in [0.05, 0.1) is 13.2 Å². The van der Waals surface area contributed by atoms with Crippen molar-refractivity contribution in [3.63, 3.8) is 0 Å². The molecule has 0 fully saturated rings. The van der Waals surface area contributed by atoms with E-state index in [0.29, 0.717) is 11.5 Å². The predicted octanol–water partition coefficient (Wildman–Crippen LogP) is 3.28. The van der Waals surface area contributed by atoms with Crippen molar-refractivity contribution >= 4 is 7.82 Å². The maximum absolute atomic E-state index is 11.6. The highest BCUT2D eigenvalue weighted by molar-refractivity contribution is 7.47. The summed E-state index contributed by atoms with van der Waals surface area (Å²) in [4.78, 5) is 9.51. The lowest BCUT2D eigenvalue weighted by Gasteiger charge is -2.13. The van der Waals surface area contributed by atoms with Crippen molar-refractivity contribution in [2.24, 2.45) is 0 Å². The summed E-state index contributed by atoms with van der Waals surface area (Å²) >= 11 is 0. The van der Waals surface area contributed by atoms with E-state index in [9.17, 15) is 9.46 Å². The molecule has 0 heterocycles. The molecule has 7 heteroatoms. The molecular formula is C16H19O6P. The topological polar surface area (TPSA) is 74.2 Å². The fourth-order valence-corrected chi connectivity index (χ4v) is 2.38. The van der Waals surface area contributed by atoms with Gasteiger partial charge in [0.2, 0.25) is 0 Å². The molecule has 0 amide bonds. The SMILES string of the molecule is O=P(O)(OCCOc1ccccc1)OCCOc1ccccc1. The van der Waals surface area contributed by atoms with Crippen LogP contribution in [0.1, 0.15) is 0 Å². The van der Waals surface area contributed by atoms with Gasteiger partial charge in [-0.25, -0.2) is 4.57 Å². The zero-order chi connectivity index (χ0) is 16.4. The maximum atomic E-state index is 11.6. The molecule has 0 radical (unpaired) electrons. The average Bonchev–Trinajstić information content (AvgIpc) is 2.58. The maximum Gasteiger partial charge on any atom is 0.472 e. The Morgan fingerprint density at radius 2 is 1.09 bits per heavy atom. The molecule has 0 bridgehead atoms. The van der Waals surface area contributed by atoms with Gasteiger partial charge < -0.3 is 14.4 Å². The van der Waals surface area contributed by atoms with E-state index in [2.05, 4.69) is 0 Å². The van der Waals surface area contributed by atoms with Crippen molar-refractivity contribution in [3.8, 4) is 11.5 Å². The lowest BCUT2D eigenvalue weighted by Crippen LogP contribution is -2.09. The molecule has 1 N–H and O–H groups in total. The molecule has 2 aromatic rings. The van der Waals surface area contributed by atoms with Gasteiger partial charge in [0.15, 0.2) is 0 Å². The van der Waals surface area contributed by atoms with Crippen LogP contribution in [0.2, 0.25) is 0 Å². The van der Waals surface area contributed by atoms with E-state index in [-0.39, 0.29) is 26.4 Å². The number of benzene rings is 2. The molecule has 124 valence electrons. The molecule has 0 saturated heterocycles. The Kier molecular flexibility index (Phi) is 7.10. The number of ether oxygens (including phenoxy) is 2. The van der Waals surface area contributed by atoms with Crippen molar-refractivity contribution in [3.05, 3.63) is 60.7 Å². The molecule has 0 saturated carbocycles. The molecule has 0 aliphatic heterocycles. The van der Waals surface area contributed by atoms with Crippen LogP contribution >= 0.6 is 7.82 Å². The van der Waals surface area contributed by atoms with Gasteiger partial charge in [-0.1, -0.05) is 36.4 Å². The van der Waals surface area contributed by atoms with Crippen LogP contribution in [-0.2, 0) is 13.6 Å². The first-order chi connectivity index (χ1) is 11.2. The zero-order valence-electron chi connectivity index (χ0n) is 12.5. The third kappa shape index (κ3) is 7.30. The lowest BCUT2D eigenvalue weighted by molar-refractivity contribution is 0.115. The van der Waals surface area contributed by atoms with E-state index in [1.54, 1.807) is 24.3 Å². The average molecular weight is 338 g/mol. The van der Waals surface area contributed by atoms with Gasteiger partial charge in [0.25, 0.3) is 0 Å². The highest BCUT2D eigenvalue weighted by Gasteiger charge is 2.20. The van der Waals surface area contributed by atoms with Gasteiger partial charge in [0.1, 0.15) is 24.7 Å². The fraction of sp³-hybridized carbons (Fsp3) is 0.250. The van der Waals surface area contributed by atoms with Gasteiger partial charge in [-0.15, -0.1) is 0 Å². The molecule has 2 aromatic carbocycles. The largest absolute Gasteiger partial charge is 0.491 e. The van der Waals surface area contributed by atoms with Crippen molar-refractivity contribution in [2.45, 2.75) is 0 Å². The highest BCUT2D eigenvalue weighted by Crippen LogP contribution is 2.42. The van der Waals surface area contributed by atoms with Crippen LogP contribution in [0.3, 0.4) is 0 Å². The molecule has 0 aliphatic carbocycles. The van der Waals surface area contributed by atoms with Crippen molar-refractivity contribution in [2.75, 3.05) is 26.4 Å². The summed E-state index contributed by atoms with van der Waals surface area (Å²) < 4.78 is 32.0. The highest BCUT2D eigenvalue weighted by atomic mass is 31.2. The number of para-hydroxylation sites is 2. The predicted molar refractivity (Wildman–Crippen MR) is 85.6 cm³/mol. The normalized spacial score (nSPS) is 11.2. The standard InChI is InChI=1S/C16H19O6P/c17-23(18,21-13-11-19-15-7-3-1-4-8-15)22-14-12-20-16-9-5-2-6-10-16/h1-10H,11-14H2,(H,17,18). The summed E-state index contributed by atoms with van der Waals surface area (Å²) in [6.45, 7) is 0.196. The minimum Gasteiger partial charge on any atom is -0.491 e. The van der Waals surface area contributed by atoms with Crippen LogP contribution < -0.4 is 9.47 Å². The number of hydrogen-bond donors (Lipinski definition) is 1. The van der Waals surface area contributed by atoms with Crippen LogP contribution in [-0.4, -0.2) is 31.3 Å². The summed E-state index contributed by atoms with van der Waals surface area (Å²) in [5.41, 5.74) is 0. The number of phosphoric acid groups is 1. The zero-order valence-corrected chi connectivity index (χ0v) is 13.4. The van der Waals surface area contributed by atoms with Crippen LogP contribution in [0.4, 0.5) is 0 Å². The van der Waals surface area contributed by atoms with Crippen LogP contribution in [0, 0.1) is 0 Å². The second-order valence-electron chi connectivity index (χ2n) is 4.46. The summed E-state index contributed by atoms with van der Waals surface area (Å²) in [6.07, 6.45) is 0. The van der Waals surface area contributed by atoms with E-state index >= 15 is 0 Å². The first kappa shape index (κ1) is 17.5. The Morgan fingerprint density at radius 1 is 0.696 bits per heavy atom. The van der Waals surface area contributed by atoms with Gasteiger partial charge >= 0.3 is 7.82 Å². The molecule has 2 rings (SSSR count). The molecule has 0 atom stereocenters. The summed E-state index contributed by atoms with van der Waals surface area (Å²) in [7, 11) is -4.10. The first-order valence-electron chi connectivity index (χ1n) is 7.13. The molecule has 0 unspecified atom stereocenters. The van der Waals surface area contributed by atoms with E-state index in [4.69, 9.17) is 18.5 Å². The fourth-order valence-electron chi connectivity index (χ4n) is 1.70. The van der Waals surface area contributed by atoms with E-state index < -0.39 is 7.82 Å². The Balaban J connectivity index is 1.58. The van der Waals surface area contributed by atoms with Crippen molar-refractivity contribution < 1.29 is 28.0 Å². The Hall–Kier alpha value is -1.85. The van der Waals surface area contributed by atoms with Gasteiger partial charge in [-0.3, -0.25) is 9.05 Å². The Morgan fingerprint density at radius 3 is 1.48 bits per heavy atom.